The van der Waals surface area contributed by atoms with E-state index in [1.807, 2.05) is 54.4 Å². The number of rotatable bonds is 8. The van der Waals surface area contributed by atoms with Crippen LogP contribution in [-0.2, 0) is 11.3 Å². The molecule has 2 aromatic rings. The van der Waals surface area contributed by atoms with E-state index in [2.05, 4.69) is 5.32 Å². The molecule has 1 atom stereocenters. The van der Waals surface area contributed by atoms with Gasteiger partial charge >= 0.3 is 0 Å². The van der Waals surface area contributed by atoms with Gasteiger partial charge in [-0.3, -0.25) is 9.69 Å². The van der Waals surface area contributed by atoms with Gasteiger partial charge < -0.3 is 19.5 Å². The first kappa shape index (κ1) is 18.6. The van der Waals surface area contributed by atoms with Crippen molar-refractivity contribution >= 4 is 5.91 Å². The number of likely N-dealkylation sites (N-methyl/N-ethyl adjacent to an activating group) is 1. The van der Waals surface area contributed by atoms with Gasteiger partial charge in [-0.15, -0.1) is 0 Å². The summed E-state index contributed by atoms with van der Waals surface area (Å²) in [6.07, 6.45) is 2.31. The van der Waals surface area contributed by atoms with Crippen LogP contribution in [0.2, 0.25) is 0 Å². The van der Waals surface area contributed by atoms with Crippen LogP contribution in [0.1, 0.15) is 30.0 Å². The number of benzene rings is 2. The van der Waals surface area contributed by atoms with Crippen LogP contribution in [0.3, 0.4) is 0 Å². The highest BCUT2D eigenvalue weighted by atomic mass is 16.7. The van der Waals surface area contributed by atoms with Gasteiger partial charge in [0.15, 0.2) is 11.5 Å². The van der Waals surface area contributed by atoms with Crippen LogP contribution < -0.4 is 19.5 Å². The highest BCUT2D eigenvalue weighted by Crippen LogP contribution is 2.41. The maximum atomic E-state index is 12.6. The lowest BCUT2D eigenvalue weighted by atomic mass is 10.0. The molecule has 148 valence electrons. The van der Waals surface area contributed by atoms with Gasteiger partial charge in [0.25, 0.3) is 0 Å². The molecular weight excluding hydrogens is 356 g/mol. The van der Waals surface area contributed by atoms with Crippen LogP contribution in [0.25, 0.3) is 0 Å². The van der Waals surface area contributed by atoms with E-state index in [1.54, 1.807) is 7.11 Å². The lowest BCUT2D eigenvalue weighted by Gasteiger charge is -2.22. The van der Waals surface area contributed by atoms with E-state index in [4.69, 9.17) is 14.2 Å². The Bertz CT molecular complexity index is 833. The van der Waals surface area contributed by atoms with E-state index in [9.17, 15) is 4.79 Å². The molecule has 1 saturated carbocycles. The zero-order valence-corrected chi connectivity index (χ0v) is 16.3. The summed E-state index contributed by atoms with van der Waals surface area (Å²) in [5, 5.41) is 3.22. The minimum Gasteiger partial charge on any atom is -0.497 e. The normalized spacial score (nSPS) is 16.1. The van der Waals surface area contributed by atoms with Gasteiger partial charge in [0.05, 0.1) is 19.7 Å². The molecule has 0 saturated heterocycles. The summed E-state index contributed by atoms with van der Waals surface area (Å²) < 4.78 is 16.0. The predicted octanol–water partition coefficient (Wildman–Crippen LogP) is 3.12. The standard InChI is InChI=1S/C22H26N2O4/c1-24(12-15-3-10-19-20(11-15)28-14-27-19)13-21(25)23-22(16-4-5-16)17-6-8-18(26-2)9-7-17/h3,6-11,16,22H,4-5,12-14H2,1-2H3,(H,23,25). The Balaban J connectivity index is 1.34. The first-order valence-electron chi connectivity index (χ1n) is 9.63. The summed E-state index contributed by atoms with van der Waals surface area (Å²) in [6.45, 7) is 1.28. The summed E-state index contributed by atoms with van der Waals surface area (Å²) in [5.41, 5.74) is 2.23. The summed E-state index contributed by atoms with van der Waals surface area (Å²) in [6, 6.07) is 13.9. The van der Waals surface area contributed by atoms with E-state index >= 15 is 0 Å². The van der Waals surface area contributed by atoms with Crippen LogP contribution in [0, 0.1) is 5.92 Å². The second kappa shape index (κ2) is 8.10. The molecule has 0 bridgehead atoms. The van der Waals surface area contributed by atoms with Gasteiger partial charge in [0.2, 0.25) is 12.7 Å². The fourth-order valence-electron chi connectivity index (χ4n) is 3.59. The Kier molecular flexibility index (Phi) is 5.39. The molecule has 1 unspecified atom stereocenters. The highest BCUT2D eigenvalue weighted by molar-refractivity contribution is 5.78. The zero-order valence-electron chi connectivity index (χ0n) is 16.3. The lowest BCUT2D eigenvalue weighted by Crippen LogP contribution is -2.37. The van der Waals surface area contributed by atoms with Crippen molar-refractivity contribution in [2.75, 3.05) is 27.5 Å². The van der Waals surface area contributed by atoms with Crippen LogP contribution in [0.15, 0.2) is 42.5 Å². The Morgan fingerprint density at radius 3 is 2.64 bits per heavy atom. The molecule has 0 spiro atoms. The van der Waals surface area contributed by atoms with Gasteiger partial charge in [-0.25, -0.2) is 0 Å². The number of amides is 1. The summed E-state index contributed by atoms with van der Waals surface area (Å²) in [5.74, 6) is 2.93. The minimum atomic E-state index is 0.0379. The number of carbonyl (C=O) groups excluding carboxylic acids is 1. The minimum absolute atomic E-state index is 0.0379. The van der Waals surface area contributed by atoms with Gasteiger partial charge in [0, 0.05) is 6.54 Å². The Labute approximate surface area is 165 Å². The first-order valence-corrected chi connectivity index (χ1v) is 9.63. The smallest absolute Gasteiger partial charge is 0.234 e. The number of nitrogens with one attached hydrogen (secondary N) is 1. The number of nitrogens with zero attached hydrogens (tertiary/aromatic N) is 1. The van der Waals surface area contributed by atoms with Crippen molar-refractivity contribution in [3.8, 4) is 17.2 Å². The molecule has 1 N–H and O–H groups in total. The molecule has 2 aromatic carbocycles. The van der Waals surface area contributed by atoms with Crippen LogP contribution in [-0.4, -0.2) is 38.3 Å². The third-order valence-corrected chi connectivity index (χ3v) is 5.19. The molecule has 4 rings (SSSR count). The van der Waals surface area contributed by atoms with E-state index in [1.165, 1.54) is 0 Å². The largest absolute Gasteiger partial charge is 0.497 e. The number of methoxy groups -OCH3 is 1. The maximum Gasteiger partial charge on any atom is 0.234 e. The molecule has 1 aliphatic carbocycles. The van der Waals surface area contributed by atoms with Crippen LogP contribution in [0.5, 0.6) is 17.2 Å². The molecule has 6 nitrogen and oxygen atoms in total. The van der Waals surface area contributed by atoms with E-state index in [0.717, 1.165) is 41.2 Å². The molecule has 1 amide bonds. The van der Waals surface area contributed by atoms with Gasteiger partial charge in [-0.05, 0) is 61.2 Å². The molecule has 2 aliphatic rings. The fraction of sp³-hybridized carbons (Fsp3) is 0.409. The maximum absolute atomic E-state index is 12.6. The number of hydrogen-bond donors (Lipinski definition) is 1. The summed E-state index contributed by atoms with van der Waals surface area (Å²) >= 11 is 0. The molecular formula is C22H26N2O4. The highest BCUT2D eigenvalue weighted by Gasteiger charge is 2.33. The average molecular weight is 382 g/mol. The van der Waals surface area contributed by atoms with E-state index in [-0.39, 0.29) is 18.7 Å². The van der Waals surface area contributed by atoms with Crippen molar-refractivity contribution in [1.29, 1.82) is 0 Å². The van der Waals surface area contributed by atoms with Crippen LogP contribution in [0.4, 0.5) is 0 Å². The first-order chi connectivity index (χ1) is 13.6. The van der Waals surface area contributed by atoms with Crippen molar-refractivity contribution in [1.82, 2.24) is 10.2 Å². The fourth-order valence-corrected chi connectivity index (χ4v) is 3.59. The van der Waals surface area contributed by atoms with Crippen molar-refractivity contribution in [2.45, 2.75) is 25.4 Å². The van der Waals surface area contributed by atoms with Crippen LogP contribution >= 0.6 is 0 Å². The molecule has 0 aromatic heterocycles. The number of ether oxygens (including phenoxy) is 3. The quantitative estimate of drug-likeness (QED) is 0.760. The summed E-state index contributed by atoms with van der Waals surface area (Å²) in [7, 11) is 3.61. The second-order valence-corrected chi connectivity index (χ2v) is 7.52. The Hall–Kier alpha value is -2.73. The average Bonchev–Trinajstić information content (AvgIpc) is 3.43. The van der Waals surface area contributed by atoms with Crippen molar-refractivity contribution in [3.63, 3.8) is 0 Å². The SMILES string of the molecule is COc1ccc(C(NC(=O)CN(C)Cc2ccc3c(c2)OCO3)C2CC2)cc1. The topological polar surface area (TPSA) is 60.0 Å². The molecule has 28 heavy (non-hydrogen) atoms. The number of fused-ring (bicyclic) bond motifs is 1. The van der Waals surface area contributed by atoms with E-state index < -0.39 is 0 Å². The van der Waals surface area contributed by atoms with Crippen molar-refractivity contribution < 1.29 is 19.0 Å². The molecule has 1 heterocycles. The third-order valence-electron chi connectivity index (χ3n) is 5.19. The Morgan fingerprint density at radius 1 is 1.18 bits per heavy atom. The summed E-state index contributed by atoms with van der Waals surface area (Å²) in [4.78, 5) is 14.7. The molecule has 1 aliphatic heterocycles. The second-order valence-electron chi connectivity index (χ2n) is 7.52. The van der Waals surface area contributed by atoms with Crippen molar-refractivity contribution in [2.24, 2.45) is 5.92 Å². The molecule has 6 heteroatoms. The lowest BCUT2D eigenvalue weighted by molar-refractivity contribution is -0.123. The van der Waals surface area contributed by atoms with E-state index in [0.29, 0.717) is 19.0 Å². The predicted molar refractivity (Wildman–Crippen MR) is 106 cm³/mol. The van der Waals surface area contributed by atoms with Gasteiger partial charge in [-0.2, -0.15) is 0 Å². The van der Waals surface area contributed by atoms with Crippen molar-refractivity contribution in [3.05, 3.63) is 53.6 Å². The number of carbonyl (C=O) groups is 1. The zero-order chi connectivity index (χ0) is 19.5. The molecule has 1 fully saturated rings. The Morgan fingerprint density at radius 2 is 1.93 bits per heavy atom. The third kappa shape index (κ3) is 4.39. The number of hydrogen-bond acceptors (Lipinski definition) is 5. The molecule has 0 radical (unpaired) electrons. The monoisotopic (exact) mass is 382 g/mol. The van der Waals surface area contributed by atoms with Gasteiger partial charge in [0.1, 0.15) is 5.75 Å². The van der Waals surface area contributed by atoms with Gasteiger partial charge in [-0.1, -0.05) is 18.2 Å².